The van der Waals surface area contributed by atoms with Crippen molar-refractivity contribution in [1.29, 1.82) is 0 Å². The van der Waals surface area contributed by atoms with Crippen molar-refractivity contribution in [1.82, 2.24) is 9.55 Å². The third-order valence-corrected chi connectivity index (χ3v) is 5.86. The lowest BCUT2D eigenvalue weighted by Gasteiger charge is -2.19. The van der Waals surface area contributed by atoms with Gasteiger partial charge in [0.15, 0.2) is 17.3 Å². The van der Waals surface area contributed by atoms with Crippen molar-refractivity contribution in [2.45, 2.75) is 6.54 Å². The van der Waals surface area contributed by atoms with Gasteiger partial charge >= 0.3 is 0 Å². The van der Waals surface area contributed by atoms with Gasteiger partial charge in [0.05, 0.1) is 11.1 Å². The summed E-state index contributed by atoms with van der Waals surface area (Å²) in [5, 5.41) is 3.17. The molecule has 4 aromatic rings. The molecule has 5 rings (SSSR count). The lowest BCUT2D eigenvalue weighted by Crippen LogP contribution is -2.24. The number of pyridine rings is 2. The number of aromatic nitrogens is 2. The summed E-state index contributed by atoms with van der Waals surface area (Å²) in [5.41, 5.74) is 1.01. The molecule has 0 aliphatic carbocycles. The van der Waals surface area contributed by atoms with Crippen LogP contribution in [0.2, 0.25) is 0 Å². The zero-order valence-corrected chi connectivity index (χ0v) is 19.4. The summed E-state index contributed by atoms with van der Waals surface area (Å²) in [6.07, 6.45) is 4.42. The second-order valence-corrected chi connectivity index (χ2v) is 8.55. The average molecular weight is 520 g/mol. The molecule has 0 atom stereocenters. The Hall–Kier alpha value is -3.98. The number of ether oxygens (including phenoxy) is 2. The quantitative estimate of drug-likeness (QED) is 0.402. The van der Waals surface area contributed by atoms with Gasteiger partial charge in [0, 0.05) is 45.8 Å². The van der Waals surface area contributed by atoms with Gasteiger partial charge < -0.3 is 19.4 Å². The van der Waals surface area contributed by atoms with Crippen molar-refractivity contribution < 1.29 is 19.1 Å². The monoisotopic (exact) mass is 519 g/mol. The van der Waals surface area contributed by atoms with Crippen LogP contribution >= 0.6 is 15.9 Å². The summed E-state index contributed by atoms with van der Waals surface area (Å²) in [7, 11) is 0. The van der Waals surface area contributed by atoms with Crippen molar-refractivity contribution in [3.8, 4) is 11.5 Å². The maximum Gasteiger partial charge on any atom is 0.244 e. The highest BCUT2D eigenvalue weighted by atomic mass is 79.9. The number of nitrogens with zero attached hydrogens (tertiary/aromatic N) is 2. The van der Waals surface area contributed by atoms with E-state index in [1.807, 2.05) is 0 Å². The molecule has 2 aromatic heterocycles. The first-order chi connectivity index (χ1) is 16.5. The summed E-state index contributed by atoms with van der Waals surface area (Å²) in [6, 6.07) is 13.4. The summed E-state index contributed by atoms with van der Waals surface area (Å²) in [6.45, 7) is 0.815. The Labute approximate surface area is 202 Å². The van der Waals surface area contributed by atoms with Gasteiger partial charge in [-0.3, -0.25) is 19.4 Å². The fourth-order valence-corrected chi connectivity index (χ4v) is 4.16. The number of hydrogen-bond acceptors (Lipinski definition) is 6. The molecule has 2 aromatic carbocycles. The predicted octanol–water partition coefficient (Wildman–Crippen LogP) is 3.80. The largest absolute Gasteiger partial charge is 0.486 e. The Balaban J connectivity index is 1.50. The van der Waals surface area contributed by atoms with Crippen molar-refractivity contribution >= 4 is 44.2 Å². The molecule has 1 N–H and O–H groups in total. The molecular weight excluding hydrogens is 502 g/mol. The SMILES string of the molecule is O=C(Cn1cc(C(=O)c2ccncc2)c(=O)c2cc(Br)ccc21)Nc1ccc2c(c1)OCCO2. The first kappa shape index (κ1) is 21.8. The Morgan fingerprint density at radius 2 is 1.76 bits per heavy atom. The fourth-order valence-electron chi connectivity index (χ4n) is 3.80. The number of halogens is 1. The fraction of sp³-hybridized carbons (Fsp3) is 0.120. The van der Waals surface area contributed by atoms with E-state index in [1.54, 1.807) is 53.1 Å². The highest BCUT2D eigenvalue weighted by Crippen LogP contribution is 2.32. The molecule has 0 saturated carbocycles. The lowest BCUT2D eigenvalue weighted by molar-refractivity contribution is -0.116. The van der Waals surface area contributed by atoms with Gasteiger partial charge in [-0.1, -0.05) is 15.9 Å². The number of amides is 1. The average Bonchev–Trinajstić information content (AvgIpc) is 2.85. The summed E-state index contributed by atoms with van der Waals surface area (Å²) in [4.78, 5) is 43.1. The molecule has 3 heterocycles. The molecule has 1 amide bonds. The number of nitrogens with one attached hydrogen (secondary N) is 1. The van der Waals surface area contributed by atoms with Gasteiger partial charge in [0.1, 0.15) is 19.8 Å². The molecule has 0 radical (unpaired) electrons. The number of carbonyl (C=O) groups is 2. The van der Waals surface area contributed by atoms with Crippen molar-refractivity contribution in [2.24, 2.45) is 0 Å². The third kappa shape index (κ3) is 4.29. The number of rotatable bonds is 5. The Kier molecular flexibility index (Phi) is 5.85. The van der Waals surface area contributed by atoms with E-state index in [0.717, 1.165) is 0 Å². The van der Waals surface area contributed by atoms with E-state index in [4.69, 9.17) is 9.47 Å². The molecule has 0 bridgehead atoms. The Morgan fingerprint density at radius 3 is 2.56 bits per heavy atom. The van der Waals surface area contributed by atoms with Crippen LogP contribution in [0.4, 0.5) is 5.69 Å². The van der Waals surface area contributed by atoms with Crippen LogP contribution in [0.5, 0.6) is 11.5 Å². The maximum atomic E-state index is 13.2. The van der Waals surface area contributed by atoms with Crippen LogP contribution in [0, 0.1) is 0 Å². The number of hydrogen-bond donors (Lipinski definition) is 1. The number of anilines is 1. The summed E-state index contributed by atoms with van der Waals surface area (Å²) >= 11 is 3.38. The highest BCUT2D eigenvalue weighted by Gasteiger charge is 2.19. The van der Waals surface area contributed by atoms with E-state index in [9.17, 15) is 14.4 Å². The topological polar surface area (TPSA) is 99.5 Å². The van der Waals surface area contributed by atoms with Gasteiger partial charge in [0.25, 0.3) is 0 Å². The van der Waals surface area contributed by atoms with Gasteiger partial charge in [-0.2, -0.15) is 0 Å². The molecule has 8 nitrogen and oxygen atoms in total. The summed E-state index contributed by atoms with van der Waals surface area (Å²) in [5.74, 6) is 0.426. The molecule has 0 spiro atoms. The molecule has 0 unspecified atom stereocenters. The lowest BCUT2D eigenvalue weighted by atomic mass is 10.0. The third-order valence-electron chi connectivity index (χ3n) is 5.37. The number of ketones is 1. The molecule has 0 fully saturated rings. The molecule has 1 aliphatic rings. The number of fused-ring (bicyclic) bond motifs is 2. The standard InChI is InChI=1S/C25H18BrN3O5/c26-16-1-3-20-18(11-16)25(32)19(24(31)15-5-7-27-8-6-15)13-29(20)14-23(30)28-17-2-4-21-22(12-17)34-10-9-33-21/h1-8,11-13H,9-10,14H2,(H,28,30). The van der Waals surface area contributed by atoms with Gasteiger partial charge in [-0.05, 0) is 42.5 Å². The Morgan fingerprint density at radius 1 is 1.00 bits per heavy atom. The number of carbonyl (C=O) groups excluding carboxylic acids is 2. The van der Waals surface area contributed by atoms with Crippen LogP contribution in [0.1, 0.15) is 15.9 Å². The molecule has 34 heavy (non-hydrogen) atoms. The van der Waals surface area contributed by atoms with Crippen molar-refractivity contribution in [3.05, 3.63) is 92.9 Å². The van der Waals surface area contributed by atoms with E-state index in [0.29, 0.717) is 51.3 Å². The molecule has 170 valence electrons. The van der Waals surface area contributed by atoms with Crippen LogP contribution in [0.15, 0.2) is 76.4 Å². The van der Waals surface area contributed by atoms with Crippen LogP contribution in [-0.4, -0.2) is 34.5 Å². The van der Waals surface area contributed by atoms with E-state index in [1.165, 1.54) is 18.6 Å². The van der Waals surface area contributed by atoms with E-state index in [2.05, 4.69) is 26.2 Å². The second-order valence-electron chi connectivity index (χ2n) is 7.63. The second kappa shape index (κ2) is 9.11. The molecule has 0 saturated heterocycles. The molecule has 1 aliphatic heterocycles. The smallest absolute Gasteiger partial charge is 0.244 e. The van der Waals surface area contributed by atoms with E-state index in [-0.39, 0.29) is 18.0 Å². The predicted molar refractivity (Wildman–Crippen MR) is 130 cm³/mol. The van der Waals surface area contributed by atoms with Crippen LogP contribution in [-0.2, 0) is 11.3 Å². The zero-order valence-electron chi connectivity index (χ0n) is 17.8. The number of benzene rings is 2. The summed E-state index contributed by atoms with van der Waals surface area (Å²) < 4.78 is 13.4. The minimum absolute atomic E-state index is 0.0241. The molecule has 9 heteroatoms. The van der Waals surface area contributed by atoms with Crippen molar-refractivity contribution in [3.63, 3.8) is 0 Å². The van der Waals surface area contributed by atoms with Crippen LogP contribution in [0.25, 0.3) is 10.9 Å². The first-order valence-corrected chi connectivity index (χ1v) is 11.3. The van der Waals surface area contributed by atoms with Gasteiger partial charge in [-0.15, -0.1) is 0 Å². The van der Waals surface area contributed by atoms with Crippen LogP contribution < -0.4 is 20.2 Å². The maximum absolute atomic E-state index is 13.2. The van der Waals surface area contributed by atoms with Crippen LogP contribution in [0.3, 0.4) is 0 Å². The molecular formula is C25H18BrN3O5. The van der Waals surface area contributed by atoms with E-state index >= 15 is 0 Å². The van der Waals surface area contributed by atoms with Crippen molar-refractivity contribution in [2.75, 3.05) is 18.5 Å². The van der Waals surface area contributed by atoms with Gasteiger partial charge in [-0.25, -0.2) is 0 Å². The Bertz CT molecular complexity index is 1480. The van der Waals surface area contributed by atoms with E-state index < -0.39 is 11.2 Å². The zero-order chi connectivity index (χ0) is 23.7. The highest BCUT2D eigenvalue weighted by molar-refractivity contribution is 9.10. The minimum atomic E-state index is -0.435. The van der Waals surface area contributed by atoms with Gasteiger partial charge in [0.2, 0.25) is 11.3 Å². The first-order valence-electron chi connectivity index (χ1n) is 10.5. The normalized spacial score (nSPS) is 12.4. The minimum Gasteiger partial charge on any atom is -0.486 e.